The highest BCUT2D eigenvalue weighted by atomic mass is 79.9. The molecule has 2 aromatic carbocycles. The number of aryl methyl sites for hydroxylation is 1. The Balaban J connectivity index is 2.26. The average Bonchev–Trinajstić information content (AvgIpc) is 2.76. The van der Waals surface area contributed by atoms with Gasteiger partial charge in [-0.3, -0.25) is 0 Å². The quantitative estimate of drug-likeness (QED) is 0.604. The van der Waals surface area contributed by atoms with Crippen molar-refractivity contribution in [1.82, 2.24) is 9.97 Å². The van der Waals surface area contributed by atoms with Crippen LogP contribution in [0, 0.1) is 6.92 Å². The summed E-state index contributed by atoms with van der Waals surface area (Å²) in [4.78, 5) is 8.00. The van der Waals surface area contributed by atoms with Crippen LogP contribution in [0.15, 0.2) is 39.3 Å². The van der Waals surface area contributed by atoms with Gasteiger partial charge < -0.3 is 10.7 Å². The van der Waals surface area contributed by atoms with Crippen molar-refractivity contribution in [2.45, 2.75) is 6.92 Å². The van der Waals surface area contributed by atoms with Gasteiger partial charge in [0.05, 0.1) is 11.0 Å². The zero-order valence-corrected chi connectivity index (χ0v) is 13.3. The van der Waals surface area contributed by atoms with Gasteiger partial charge in [-0.15, -0.1) is 0 Å². The maximum absolute atomic E-state index is 5.84. The molecule has 3 nitrogen and oxygen atoms in total. The molecule has 3 N–H and O–H groups in total. The first-order valence-electron chi connectivity index (χ1n) is 5.76. The molecule has 0 aliphatic carbocycles. The van der Waals surface area contributed by atoms with Gasteiger partial charge in [0.1, 0.15) is 5.82 Å². The molecule has 1 aromatic heterocycles. The Morgan fingerprint density at radius 2 is 1.95 bits per heavy atom. The Bertz CT molecular complexity index is 778. The molecule has 0 unspecified atom stereocenters. The van der Waals surface area contributed by atoms with Crippen LogP contribution in [0.25, 0.3) is 22.4 Å². The van der Waals surface area contributed by atoms with Crippen LogP contribution in [0.2, 0.25) is 0 Å². The number of fused-ring (bicyclic) bond motifs is 1. The predicted molar refractivity (Wildman–Crippen MR) is 86.1 cm³/mol. The molecule has 5 heteroatoms. The number of imidazole rings is 1. The Hall–Kier alpha value is -1.33. The number of nitrogens with one attached hydrogen (secondary N) is 1. The van der Waals surface area contributed by atoms with E-state index in [-0.39, 0.29) is 0 Å². The first-order chi connectivity index (χ1) is 9.04. The number of H-pyrrole nitrogens is 1. The van der Waals surface area contributed by atoms with Gasteiger partial charge in [-0.1, -0.05) is 31.9 Å². The van der Waals surface area contributed by atoms with Gasteiger partial charge in [0, 0.05) is 20.2 Å². The topological polar surface area (TPSA) is 54.7 Å². The first-order valence-corrected chi connectivity index (χ1v) is 7.34. The number of halogens is 2. The smallest absolute Gasteiger partial charge is 0.139 e. The fourth-order valence-corrected chi connectivity index (χ4v) is 3.11. The number of anilines is 1. The van der Waals surface area contributed by atoms with Crippen molar-refractivity contribution in [2.24, 2.45) is 0 Å². The lowest BCUT2D eigenvalue weighted by Gasteiger charge is -2.01. The van der Waals surface area contributed by atoms with Crippen LogP contribution in [0.1, 0.15) is 5.56 Å². The minimum Gasteiger partial charge on any atom is -0.399 e. The molecule has 0 spiro atoms. The number of benzene rings is 2. The number of nitrogens with zero attached hydrogens (tertiary/aromatic N) is 1. The van der Waals surface area contributed by atoms with Crippen molar-refractivity contribution < 1.29 is 0 Å². The number of hydrogen-bond acceptors (Lipinski definition) is 2. The fraction of sp³-hybridized carbons (Fsp3) is 0.0714. The van der Waals surface area contributed by atoms with E-state index in [9.17, 15) is 0 Å². The Morgan fingerprint density at radius 1 is 1.16 bits per heavy atom. The van der Waals surface area contributed by atoms with Gasteiger partial charge in [0.2, 0.25) is 0 Å². The summed E-state index contributed by atoms with van der Waals surface area (Å²) in [5.41, 5.74) is 10.6. The summed E-state index contributed by atoms with van der Waals surface area (Å²) in [7, 11) is 0. The highest BCUT2D eigenvalue weighted by Crippen LogP contribution is 2.31. The summed E-state index contributed by atoms with van der Waals surface area (Å²) in [6.45, 7) is 2.05. The van der Waals surface area contributed by atoms with Gasteiger partial charge in [-0.2, -0.15) is 0 Å². The zero-order chi connectivity index (χ0) is 13.6. The monoisotopic (exact) mass is 379 g/mol. The third-order valence-corrected chi connectivity index (χ3v) is 4.14. The SMILES string of the molecule is Cc1cc(Br)cc2[nH]c(-c3cc(N)ccc3Br)nc12. The maximum atomic E-state index is 5.84. The standard InChI is InChI=1S/C14H11Br2N3/c1-7-4-8(15)5-12-13(7)19-14(18-12)10-6-9(17)2-3-11(10)16/h2-6H,17H2,1H3,(H,18,19). The number of aromatic amines is 1. The second-order valence-corrected chi connectivity index (χ2v) is 6.21. The second kappa shape index (κ2) is 4.65. The molecule has 0 saturated carbocycles. The molecule has 0 fully saturated rings. The number of aromatic nitrogens is 2. The normalized spacial score (nSPS) is 11.1. The highest BCUT2D eigenvalue weighted by molar-refractivity contribution is 9.10. The van der Waals surface area contributed by atoms with Crippen LogP contribution < -0.4 is 5.73 Å². The minimum absolute atomic E-state index is 0.719. The van der Waals surface area contributed by atoms with E-state index in [0.29, 0.717) is 0 Å². The van der Waals surface area contributed by atoms with E-state index < -0.39 is 0 Å². The molecule has 3 rings (SSSR count). The average molecular weight is 381 g/mol. The summed E-state index contributed by atoms with van der Waals surface area (Å²) < 4.78 is 2.01. The van der Waals surface area contributed by atoms with E-state index in [0.717, 1.165) is 42.6 Å². The Kier molecular flexibility index (Phi) is 3.11. The molecule has 0 aliphatic rings. The van der Waals surface area contributed by atoms with Crippen molar-refractivity contribution in [2.75, 3.05) is 5.73 Å². The lowest BCUT2D eigenvalue weighted by Crippen LogP contribution is -1.88. The molecule has 0 atom stereocenters. The number of rotatable bonds is 1. The highest BCUT2D eigenvalue weighted by Gasteiger charge is 2.11. The van der Waals surface area contributed by atoms with E-state index in [2.05, 4.69) is 47.9 Å². The molecular weight excluding hydrogens is 370 g/mol. The third-order valence-electron chi connectivity index (χ3n) is 2.99. The van der Waals surface area contributed by atoms with E-state index >= 15 is 0 Å². The van der Waals surface area contributed by atoms with Crippen molar-refractivity contribution in [3.8, 4) is 11.4 Å². The fourth-order valence-electron chi connectivity index (χ4n) is 2.10. The van der Waals surface area contributed by atoms with Crippen molar-refractivity contribution >= 4 is 48.6 Å². The van der Waals surface area contributed by atoms with E-state index in [1.54, 1.807) is 0 Å². The molecular formula is C14H11Br2N3. The summed E-state index contributed by atoms with van der Waals surface area (Å²) in [6, 6.07) is 9.78. The first kappa shape index (κ1) is 12.7. The zero-order valence-electron chi connectivity index (χ0n) is 10.2. The van der Waals surface area contributed by atoms with Gasteiger partial charge in [-0.25, -0.2) is 4.98 Å². The van der Waals surface area contributed by atoms with Crippen LogP contribution in [0.5, 0.6) is 0 Å². The minimum atomic E-state index is 0.719. The van der Waals surface area contributed by atoms with Gasteiger partial charge in [0.25, 0.3) is 0 Å². The molecule has 0 radical (unpaired) electrons. The van der Waals surface area contributed by atoms with Crippen molar-refractivity contribution in [1.29, 1.82) is 0 Å². The molecule has 19 heavy (non-hydrogen) atoms. The molecule has 0 bridgehead atoms. The predicted octanol–water partition coefficient (Wildman–Crippen LogP) is 4.65. The summed E-state index contributed by atoms with van der Waals surface area (Å²) in [5.74, 6) is 0.815. The largest absolute Gasteiger partial charge is 0.399 e. The van der Waals surface area contributed by atoms with E-state index in [4.69, 9.17) is 5.73 Å². The van der Waals surface area contributed by atoms with Crippen LogP contribution in [-0.2, 0) is 0 Å². The van der Waals surface area contributed by atoms with Crippen LogP contribution >= 0.6 is 31.9 Å². The van der Waals surface area contributed by atoms with Crippen LogP contribution in [0.4, 0.5) is 5.69 Å². The number of hydrogen-bond donors (Lipinski definition) is 2. The summed E-state index contributed by atoms with van der Waals surface area (Å²) >= 11 is 7.03. The van der Waals surface area contributed by atoms with Gasteiger partial charge in [0.15, 0.2) is 0 Å². The molecule has 0 saturated heterocycles. The summed E-state index contributed by atoms with van der Waals surface area (Å²) in [6.07, 6.45) is 0. The molecule has 0 amide bonds. The molecule has 96 valence electrons. The van der Waals surface area contributed by atoms with Crippen molar-refractivity contribution in [3.05, 3.63) is 44.8 Å². The van der Waals surface area contributed by atoms with Crippen LogP contribution in [0.3, 0.4) is 0 Å². The van der Waals surface area contributed by atoms with E-state index in [1.165, 1.54) is 0 Å². The van der Waals surface area contributed by atoms with Crippen molar-refractivity contribution in [3.63, 3.8) is 0 Å². The lowest BCUT2D eigenvalue weighted by atomic mass is 10.2. The Morgan fingerprint density at radius 3 is 2.74 bits per heavy atom. The van der Waals surface area contributed by atoms with E-state index in [1.807, 2.05) is 31.2 Å². The maximum Gasteiger partial charge on any atom is 0.139 e. The second-order valence-electron chi connectivity index (χ2n) is 4.44. The van der Waals surface area contributed by atoms with Gasteiger partial charge in [-0.05, 0) is 42.8 Å². The molecule has 1 heterocycles. The Labute approximate surface area is 127 Å². The molecule has 3 aromatic rings. The number of nitrogens with two attached hydrogens (primary N) is 1. The van der Waals surface area contributed by atoms with Crippen LogP contribution in [-0.4, -0.2) is 9.97 Å². The third kappa shape index (κ3) is 2.28. The van der Waals surface area contributed by atoms with Gasteiger partial charge >= 0.3 is 0 Å². The molecule has 0 aliphatic heterocycles. The number of nitrogen functional groups attached to an aromatic ring is 1. The summed E-state index contributed by atoms with van der Waals surface area (Å²) in [5, 5.41) is 0. The lowest BCUT2D eigenvalue weighted by molar-refractivity contribution is 1.32.